The lowest BCUT2D eigenvalue weighted by atomic mass is 10.1. The van der Waals surface area contributed by atoms with Crippen molar-refractivity contribution < 1.29 is 19.4 Å². The van der Waals surface area contributed by atoms with Gasteiger partial charge in [-0.2, -0.15) is 4.91 Å². The Morgan fingerprint density at radius 2 is 2.05 bits per heavy atom. The Morgan fingerprint density at radius 3 is 2.55 bits per heavy atom. The quantitative estimate of drug-likeness (QED) is 0.206. The number of alkyl carbamates (subject to hydrolysis) is 1. The van der Waals surface area contributed by atoms with E-state index in [9.17, 15) is 9.59 Å². The third-order valence-corrected chi connectivity index (χ3v) is 2.14. The lowest BCUT2D eigenvalue weighted by Crippen LogP contribution is -2.43. The molecule has 0 aliphatic heterocycles. The van der Waals surface area contributed by atoms with Crippen molar-refractivity contribution in [3.63, 3.8) is 0 Å². The van der Waals surface area contributed by atoms with Gasteiger partial charge in [-0.1, -0.05) is 0 Å². The van der Waals surface area contributed by atoms with E-state index in [1.165, 1.54) is 0 Å². The first kappa shape index (κ1) is 17.8. The summed E-state index contributed by atoms with van der Waals surface area (Å²) in [5, 5.41) is 14.5. The van der Waals surface area contributed by atoms with E-state index in [4.69, 9.17) is 15.4 Å². The number of carboxylic acid groups (broad SMARTS) is 1. The number of ether oxygens (including phenoxy) is 1. The molecule has 9 nitrogen and oxygen atoms in total. The molecule has 0 unspecified atom stereocenters. The van der Waals surface area contributed by atoms with Gasteiger partial charge in [0.15, 0.2) is 0 Å². The van der Waals surface area contributed by atoms with Gasteiger partial charge in [0.25, 0.3) is 0 Å². The standard InChI is InChI=1S/C11H21N5O4/c1-11(2,3)20-10(19)14-8(9(17)18)6-4-5-7-13-16-15-12/h8,13H,4-7H2,1-3H3,(H,14,19)(H,17,18)/t8-/m0/s1. The maximum absolute atomic E-state index is 11.5. The summed E-state index contributed by atoms with van der Waals surface area (Å²) in [5.41, 5.74) is 9.82. The normalized spacial score (nSPS) is 11.9. The largest absolute Gasteiger partial charge is 0.480 e. The Bertz CT molecular complexity index is 373. The first-order valence-corrected chi connectivity index (χ1v) is 6.25. The molecule has 0 radical (unpaired) electrons. The van der Waals surface area contributed by atoms with E-state index in [1.807, 2.05) is 0 Å². The Balaban J connectivity index is 4.08. The van der Waals surface area contributed by atoms with Gasteiger partial charge < -0.3 is 15.2 Å². The molecule has 0 aliphatic carbocycles. The smallest absolute Gasteiger partial charge is 0.408 e. The van der Waals surface area contributed by atoms with Crippen molar-refractivity contribution in [2.75, 3.05) is 6.54 Å². The summed E-state index contributed by atoms with van der Waals surface area (Å²) < 4.78 is 5.00. The van der Waals surface area contributed by atoms with Crippen LogP contribution in [0.2, 0.25) is 0 Å². The molecule has 114 valence electrons. The fourth-order valence-corrected chi connectivity index (χ4v) is 1.34. The van der Waals surface area contributed by atoms with Gasteiger partial charge in [-0.3, -0.25) is 5.43 Å². The van der Waals surface area contributed by atoms with E-state index in [1.54, 1.807) is 20.8 Å². The summed E-state index contributed by atoms with van der Waals surface area (Å²) in [4.78, 5) is 25.0. The molecule has 1 amide bonds. The molecule has 9 heteroatoms. The fraction of sp³-hybridized carbons (Fsp3) is 0.818. The molecule has 0 bridgehead atoms. The van der Waals surface area contributed by atoms with Crippen LogP contribution in [0.25, 0.3) is 10.4 Å². The molecular weight excluding hydrogens is 266 g/mol. The van der Waals surface area contributed by atoms with Gasteiger partial charge in [-0.05, 0) is 45.3 Å². The van der Waals surface area contributed by atoms with E-state index in [2.05, 4.69) is 20.9 Å². The van der Waals surface area contributed by atoms with Crippen molar-refractivity contribution in [2.24, 2.45) is 5.22 Å². The van der Waals surface area contributed by atoms with Crippen LogP contribution in [0.1, 0.15) is 40.0 Å². The number of aliphatic carboxylic acids is 1. The van der Waals surface area contributed by atoms with Crippen molar-refractivity contribution in [3.05, 3.63) is 10.4 Å². The van der Waals surface area contributed by atoms with Crippen LogP contribution in [0.4, 0.5) is 4.79 Å². The second-order valence-corrected chi connectivity index (χ2v) is 5.13. The lowest BCUT2D eigenvalue weighted by molar-refractivity contribution is -0.139. The molecule has 0 aromatic heterocycles. The number of nitrogens with zero attached hydrogens (tertiary/aromatic N) is 3. The Labute approximate surface area is 117 Å². The van der Waals surface area contributed by atoms with Crippen molar-refractivity contribution in [1.82, 2.24) is 10.7 Å². The van der Waals surface area contributed by atoms with Crippen LogP contribution in [0.3, 0.4) is 0 Å². The number of nitrogens with one attached hydrogen (secondary N) is 2. The molecule has 0 saturated carbocycles. The Kier molecular flexibility index (Phi) is 7.91. The second-order valence-electron chi connectivity index (χ2n) is 5.13. The van der Waals surface area contributed by atoms with Gasteiger partial charge in [-0.15, -0.1) is 5.53 Å². The highest BCUT2D eigenvalue weighted by atomic mass is 16.6. The molecule has 3 N–H and O–H groups in total. The average Bonchev–Trinajstić information content (AvgIpc) is 2.29. The van der Waals surface area contributed by atoms with Gasteiger partial charge in [0, 0.05) is 0 Å². The van der Waals surface area contributed by atoms with E-state index in [-0.39, 0.29) is 6.42 Å². The molecule has 0 spiro atoms. The third kappa shape index (κ3) is 9.84. The zero-order valence-electron chi connectivity index (χ0n) is 11.9. The number of amides is 1. The van der Waals surface area contributed by atoms with Gasteiger partial charge in [0.05, 0.1) is 6.54 Å². The molecule has 0 heterocycles. The minimum absolute atomic E-state index is 0.270. The van der Waals surface area contributed by atoms with Crippen LogP contribution in [0, 0.1) is 0 Å². The Morgan fingerprint density at radius 1 is 1.40 bits per heavy atom. The summed E-state index contributed by atoms with van der Waals surface area (Å²) in [6, 6.07) is -0.996. The van der Waals surface area contributed by atoms with Crippen LogP contribution in [0.5, 0.6) is 0 Å². The first-order chi connectivity index (χ1) is 9.26. The van der Waals surface area contributed by atoms with E-state index >= 15 is 0 Å². The van der Waals surface area contributed by atoms with Gasteiger partial charge in [0.1, 0.15) is 11.6 Å². The van der Waals surface area contributed by atoms with E-state index in [0.717, 1.165) is 0 Å². The highest BCUT2D eigenvalue weighted by molar-refractivity contribution is 5.79. The van der Waals surface area contributed by atoms with Crippen LogP contribution < -0.4 is 10.7 Å². The minimum Gasteiger partial charge on any atom is -0.480 e. The summed E-state index contributed by atoms with van der Waals surface area (Å²) in [7, 11) is 0. The number of hydrogen-bond donors (Lipinski definition) is 3. The van der Waals surface area contributed by atoms with Crippen molar-refractivity contribution in [2.45, 2.75) is 51.7 Å². The number of carbonyl (C=O) groups is 2. The van der Waals surface area contributed by atoms with Crippen molar-refractivity contribution in [1.29, 1.82) is 0 Å². The van der Waals surface area contributed by atoms with Crippen LogP contribution in [-0.4, -0.2) is 35.4 Å². The molecule has 0 aromatic rings. The molecule has 0 fully saturated rings. The molecular formula is C11H21N5O4. The molecule has 0 aliphatic rings. The summed E-state index contributed by atoms with van der Waals surface area (Å²) in [6.45, 7) is 5.54. The monoisotopic (exact) mass is 287 g/mol. The number of rotatable bonds is 8. The maximum atomic E-state index is 11.5. The number of azide groups is 1. The SMILES string of the molecule is CC(C)(C)OC(=O)N[C@@H](CCCCNN=[N+]=[N-])C(=O)O. The highest BCUT2D eigenvalue weighted by Gasteiger charge is 2.23. The van der Waals surface area contributed by atoms with Crippen molar-refractivity contribution >= 4 is 12.1 Å². The molecule has 1 atom stereocenters. The van der Waals surface area contributed by atoms with Crippen molar-refractivity contribution in [3.8, 4) is 0 Å². The third-order valence-electron chi connectivity index (χ3n) is 2.14. The number of unbranched alkanes of at least 4 members (excludes halogenated alkanes) is 1. The van der Waals surface area contributed by atoms with Gasteiger partial charge in [-0.25, -0.2) is 9.59 Å². The number of hydrogen-bond acceptors (Lipinski definition) is 4. The highest BCUT2D eigenvalue weighted by Crippen LogP contribution is 2.08. The van der Waals surface area contributed by atoms with Crippen LogP contribution >= 0.6 is 0 Å². The van der Waals surface area contributed by atoms with Gasteiger partial charge >= 0.3 is 12.1 Å². The van der Waals surface area contributed by atoms with Crippen LogP contribution in [0.15, 0.2) is 5.22 Å². The first-order valence-electron chi connectivity index (χ1n) is 6.25. The second kappa shape index (κ2) is 8.87. The zero-order valence-corrected chi connectivity index (χ0v) is 11.9. The van der Waals surface area contributed by atoms with E-state index in [0.29, 0.717) is 19.4 Å². The Hall–Kier alpha value is -2.15. The maximum Gasteiger partial charge on any atom is 0.408 e. The predicted octanol–water partition coefficient (Wildman–Crippen LogP) is 1.95. The summed E-state index contributed by atoms with van der Waals surface area (Å²) >= 11 is 0. The molecule has 20 heavy (non-hydrogen) atoms. The summed E-state index contributed by atoms with van der Waals surface area (Å²) in [5.74, 6) is -1.11. The number of carboxylic acids is 1. The zero-order chi connectivity index (χ0) is 15.6. The average molecular weight is 287 g/mol. The predicted molar refractivity (Wildman–Crippen MR) is 71.8 cm³/mol. The topological polar surface area (TPSA) is 136 Å². The summed E-state index contributed by atoms with van der Waals surface area (Å²) in [6.07, 6.45) is 0.698. The molecule has 0 aromatic carbocycles. The fourth-order valence-electron chi connectivity index (χ4n) is 1.34. The molecule has 0 saturated heterocycles. The van der Waals surface area contributed by atoms with Crippen LogP contribution in [-0.2, 0) is 9.53 Å². The lowest BCUT2D eigenvalue weighted by Gasteiger charge is -2.21. The molecule has 0 rings (SSSR count). The van der Waals surface area contributed by atoms with E-state index < -0.39 is 23.7 Å². The van der Waals surface area contributed by atoms with Gasteiger partial charge in [0.2, 0.25) is 0 Å². The minimum atomic E-state index is -1.11. The number of carbonyl (C=O) groups excluding carboxylic acids is 1.